The number of hydrogen-bond acceptors (Lipinski definition) is 3. The van der Waals surface area contributed by atoms with Gasteiger partial charge in [0.15, 0.2) is 0 Å². The molecule has 1 saturated heterocycles. The van der Waals surface area contributed by atoms with Crippen LogP contribution in [-0.2, 0) is 0 Å². The summed E-state index contributed by atoms with van der Waals surface area (Å²) < 4.78 is 2.10. The highest BCUT2D eigenvalue weighted by atomic mass is 15.2. The summed E-state index contributed by atoms with van der Waals surface area (Å²) in [5.74, 6) is 1.13. The minimum atomic E-state index is 0.997. The quantitative estimate of drug-likeness (QED) is 0.915. The van der Waals surface area contributed by atoms with Gasteiger partial charge < -0.3 is 10.2 Å². The van der Waals surface area contributed by atoms with Crippen LogP contribution in [0.1, 0.15) is 25.7 Å². The lowest BCUT2D eigenvalue weighted by Crippen LogP contribution is -2.30. The Bertz CT molecular complexity index is 512. The molecule has 0 bridgehead atoms. The standard InChI is InChI=1S/C15H22N4/c1-2-4-11-18(10-3-1)12-8-16-14-6-5-7-15-17-9-13-19(14)15/h5-7,9,13,16H,1-4,8,10-12H2. The molecule has 1 fully saturated rings. The van der Waals surface area contributed by atoms with Gasteiger partial charge in [0.05, 0.1) is 0 Å². The molecule has 1 aliphatic heterocycles. The molecule has 0 atom stereocenters. The first-order valence-electron chi connectivity index (χ1n) is 7.32. The van der Waals surface area contributed by atoms with E-state index in [0.717, 1.165) is 24.6 Å². The third kappa shape index (κ3) is 3.07. The molecule has 2 aromatic rings. The number of aromatic nitrogens is 2. The fourth-order valence-corrected chi connectivity index (χ4v) is 2.79. The number of imidazole rings is 1. The first-order chi connectivity index (χ1) is 9.43. The summed E-state index contributed by atoms with van der Waals surface area (Å²) in [7, 11) is 0. The van der Waals surface area contributed by atoms with Crippen molar-refractivity contribution in [2.24, 2.45) is 0 Å². The Labute approximate surface area is 114 Å². The van der Waals surface area contributed by atoms with E-state index in [9.17, 15) is 0 Å². The summed E-state index contributed by atoms with van der Waals surface area (Å²) in [6.45, 7) is 4.65. The predicted molar refractivity (Wildman–Crippen MR) is 78.6 cm³/mol. The summed E-state index contributed by atoms with van der Waals surface area (Å²) >= 11 is 0. The van der Waals surface area contributed by atoms with Gasteiger partial charge in [0, 0.05) is 25.5 Å². The number of nitrogens with one attached hydrogen (secondary N) is 1. The summed E-state index contributed by atoms with van der Waals surface area (Å²) in [6, 6.07) is 6.19. The van der Waals surface area contributed by atoms with Crippen molar-refractivity contribution in [3.63, 3.8) is 0 Å². The van der Waals surface area contributed by atoms with Crippen LogP contribution in [0.5, 0.6) is 0 Å². The van der Waals surface area contributed by atoms with Gasteiger partial charge in [0.25, 0.3) is 0 Å². The van der Waals surface area contributed by atoms with Crippen molar-refractivity contribution in [2.75, 3.05) is 31.5 Å². The maximum Gasteiger partial charge on any atom is 0.138 e. The average molecular weight is 258 g/mol. The van der Waals surface area contributed by atoms with Crippen LogP contribution in [0, 0.1) is 0 Å². The topological polar surface area (TPSA) is 32.6 Å². The van der Waals surface area contributed by atoms with E-state index < -0.39 is 0 Å². The minimum Gasteiger partial charge on any atom is -0.370 e. The largest absolute Gasteiger partial charge is 0.370 e. The summed E-state index contributed by atoms with van der Waals surface area (Å²) in [5.41, 5.74) is 1.000. The number of anilines is 1. The molecule has 0 aromatic carbocycles. The van der Waals surface area contributed by atoms with E-state index in [1.807, 2.05) is 18.5 Å². The van der Waals surface area contributed by atoms with Crippen LogP contribution in [0.2, 0.25) is 0 Å². The van der Waals surface area contributed by atoms with Crippen molar-refractivity contribution >= 4 is 11.5 Å². The molecule has 0 aliphatic carbocycles. The maximum atomic E-state index is 4.30. The number of nitrogens with zero attached hydrogens (tertiary/aromatic N) is 3. The zero-order valence-electron chi connectivity index (χ0n) is 11.4. The van der Waals surface area contributed by atoms with Gasteiger partial charge in [0.1, 0.15) is 11.5 Å². The van der Waals surface area contributed by atoms with E-state index in [1.165, 1.54) is 38.8 Å². The molecule has 102 valence electrons. The molecule has 4 heteroatoms. The van der Waals surface area contributed by atoms with E-state index in [1.54, 1.807) is 0 Å². The molecule has 0 amide bonds. The highest BCUT2D eigenvalue weighted by Crippen LogP contribution is 2.12. The first kappa shape index (κ1) is 12.5. The molecule has 4 nitrogen and oxygen atoms in total. The van der Waals surface area contributed by atoms with E-state index in [2.05, 4.69) is 31.7 Å². The second-order valence-corrected chi connectivity index (χ2v) is 5.25. The van der Waals surface area contributed by atoms with Crippen molar-refractivity contribution in [3.8, 4) is 0 Å². The van der Waals surface area contributed by atoms with Crippen molar-refractivity contribution in [1.82, 2.24) is 14.3 Å². The Hall–Kier alpha value is -1.55. The lowest BCUT2D eigenvalue weighted by atomic mass is 10.2. The number of hydrogen-bond donors (Lipinski definition) is 1. The first-order valence-corrected chi connectivity index (χ1v) is 7.32. The SMILES string of the molecule is c1cc(NCCN2CCCCCC2)n2ccnc2c1. The zero-order chi connectivity index (χ0) is 12.9. The van der Waals surface area contributed by atoms with Gasteiger partial charge in [-0.1, -0.05) is 18.9 Å². The van der Waals surface area contributed by atoms with E-state index >= 15 is 0 Å². The molecule has 0 unspecified atom stereocenters. The van der Waals surface area contributed by atoms with Crippen LogP contribution in [-0.4, -0.2) is 40.5 Å². The molecule has 0 radical (unpaired) electrons. The number of likely N-dealkylation sites (tertiary alicyclic amines) is 1. The predicted octanol–water partition coefficient (Wildman–Crippen LogP) is 2.62. The van der Waals surface area contributed by atoms with Crippen molar-refractivity contribution < 1.29 is 0 Å². The summed E-state index contributed by atoms with van der Waals surface area (Å²) in [4.78, 5) is 6.88. The molecular weight excluding hydrogens is 236 g/mol. The van der Waals surface area contributed by atoms with Crippen LogP contribution in [0.25, 0.3) is 5.65 Å². The lowest BCUT2D eigenvalue weighted by Gasteiger charge is -2.20. The molecule has 0 saturated carbocycles. The van der Waals surface area contributed by atoms with Gasteiger partial charge >= 0.3 is 0 Å². The molecule has 2 aromatic heterocycles. The van der Waals surface area contributed by atoms with Gasteiger partial charge in [-0.25, -0.2) is 4.98 Å². The molecule has 3 rings (SSSR count). The van der Waals surface area contributed by atoms with Crippen LogP contribution in [0.4, 0.5) is 5.82 Å². The smallest absolute Gasteiger partial charge is 0.138 e. The van der Waals surface area contributed by atoms with Gasteiger partial charge in [-0.2, -0.15) is 0 Å². The Morgan fingerprint density at radius 3 is 2.79 bits per heavy atom. The van der Waals surface area contributed by atoms with Gasteiger partial charge in [-0.05, 0) is 38.1 Å². The lowest BCUT2D eigenvalue weighted by molar-refractivity contribution is 0.296. The van der Waals surface area contributed by atoms with Crippen molar-refractivity contribution in [2.45, 2.75) is 25.7 Å². The second kappa shape index (κ2) is 6.06. The van der Waals surface area contributed by atoms with Crippen LogP contribution in [0.3, 0.4) is 0 Å². The third-order valence-electron chi connectivity index (χ3n) is 3.86. The monoisotopic (exact) mass is 258 g/mol. The minimum absolute atomic E-state index is 0.997. The summed E-state index contributed by atoms with van der Waals surface area (Å²) in [6.07, 6.45) is 9.36. The Balaban J connectivity index is 1.55. The number of pyridine rings is 1. The Morgan fingerprint density at radius 2 is 1.95 bits per heavy atom. The third-order valence-corrected chi connectivity index (χ3v) is 3.86. The highest BCUT2D eigenvalue weighted by Gasteiger charge is 2.08. The van der Waals surface area contributed by atoms with Crippen LogP contribution >= 0.6 is 0 Å². The second-order valence-electron chi connectivity index (χ2n) is 5.25. The molecular formula is C15H22N4. The van der Waals surface area contributed by atoms with Crippen molar-refractivity contribution in [1.29, 1.82) is 0 Å². The Morgan fingerprint density at radius 1 is 1.11 bits per heavy atom. The molecule has 0 spiro atoms. The van der Waals surface area contributed by atoms with Gasteiger partial charge in [-0.15, -0.1) is 0 Å². The normalized spacial score (nSPS) is 17.5. The number of rotatable bonds is 4. The fraction of sp³-hybridized carbons (Fsp3) is 0.533. The Kier molecular flexibility index (Phi) is 3.98. The number of fused-ring (bicyclic) bond motifs is 1. The van der Waals surface area contributed by atoms with Gasteiger partial charge in [-0.3, -0.25) is 4.40 Å². The van der Waals surface area contributed by atoms with E-state index in [-0.39, 0.29) is 0 Å². The highest BCUT2D eigenvalue weighted by molar-refractivity contribution is 5.49. The fourth-order valence-electron chi connectivity index (χ4n) is 2.79. The molecule has 3 heterocycles. The molecule has 1 N–H and O–H groups in total. The average Bonchev–Trinajstić information content (AvgIpc) is 2.77. The van der Waals surface area contributed by atoms with Crippen LogP contribution < -0.4 is 5.32 Å². The molecule has 19 heavy (non-hydrogen) atoms. The van der Waals surface area contributed by atoms with Crippen molar-refractivity contribution in [3.05, 3.63) is 30.6 Å². The molecule has 1 aliphatic rings. The zero-order valence-corrected chi connectivity index (χ0v) is 11.4. The van der Waals surface area contributed by atoms with Gasteiger partial charge in [0.2, 0.25) is 0 Å². The van der Waals surface area contributed by atoms with Crippen LogP contribution in [0.15, 0.2) is 30.6 Å². The maximum absolute atomic E-state index is 4.30. The van der Waals surface area contributed by atoms with E-state index in [4.69, 9.17) is 0 Å². The summed E-state index contributed by atoms with van der Waals surface area (Å²) in [5, 5.41) is 3.52. The van der Waals surface area contributed by atoms with E-state index in [0.29, 0.717) is 0 Å².